The molecule has 0 saturated heterocycles. The Labute approximate surface area is 700 Å². The van der Waals surface area contributed by atoms with E-state index >= 15 is 0 Å². The normalized spacial score (nSPS) is 14.7. The molecular weight excluding hydrogens is 1480 g/mol. The number of phosphoric ester groups is 2. The van der Waals surface area contributed by atoms with Gasteiger partial charge in [0.05, 0.1) is 26.4 Å². The number of esters is 3. The number of carbonyl (C=O) groups is 3. The van der Waals surface area contributed by atoms with Gasteiger partial charge in [-0.2, -0.15) is 0 Å². The van der Waals surface area contributed by atoms with E-state index in [4.69, 9.17) is 32.3 Å². The molecule has 0 aliphatic carbocycles. The van der Waals surface area contributed by atoms with Crippen molar-refractivity contribution in [2.75, 3.05) is 39.6 Å². The highest BCUT2D eigenvalue weighted by molar-refractivity contribution is 7.47. The first-order valence-corrected chi connectivity index (χ1v) is 48.1. The molecule has 0 aromatic carbocycles. The van der Waals surface area contributed by atoms with Crippen molar-refractivity contribution in [3.63, 3.8) is 0 Å². The topological polar surface area (TPSA) is 231 Å². The molecular formula is C97H162O16P2. The zero-order valence-corrected chi connectivity index (χ0v) is 73.9. The second kappa shape index (κ2) is 87.9. The maximum Gasteiger partial charge on any atom is 0.472 e. The van der Waals surface area contributed by atoms with Crippen LogP contribution in [0.2, 0.25) is 0 Å². The SMILES string of the molecule is CC/C=C\C/C=C\C/C=C\C/C=C\C/C=C\C/C=C\CCCCCCCCCCCCCCCCC(=O)OCC(O)COP(=O)(O)OCC(O)COP(=O)(O)OCC(COC(=O)CCCCCCCCC/C=C\C/C=C\C/C=C\C/C=C\C/C=C\CC)OC(=O)CCCCCCCCC/C=C\C/C=C\C/C=C\C/C=C\CCCCC. The highest BCUT2D eigenvalue weighted by Crippen LogP contribution is 2.45. The minimum Gasteiger partial charge on any atom is -0.463 e. The highest BCUT2D eigenvalue weighted by atomic mass is 31.2. The molecule has 0 amide bonds. The van der Waals surface area contributed by atoms with Crippen LogP contribution in [0.1, 0.15) is 355 Å². The van der Waals surface area contributed by atoms with E-state index in [1.807, 2.05) is 0 Å². The number of aliphatic hydroxyl groups excluding tert-OH is 2. The molecule has 0 spiro atoms. The summed E-state index contributed by atoms with van der Waals surface area (Å²) in [7, 11) is -9.82. The Morgan fingerprint density at radius 3 is 0.730 bits per heavy atom. The fourth-order valence-corrected chi connectivity index (χ4v) is 13.4. The molecule has 0 bridgehead atoms. The Balaban J connectivity index is 4.61. The van der Waals surface area contributed by atoms with Gasteiger partial charge in [0, 0.05) is 19.3 Å². The number of aliphatic hydroxyl groups is 2. The molecule has 0 heterocycles. The van der Waals surface area contributed by atoms with Gasteiger partial charge in [-0.15, -0.1) is 0 Å². The van der Waals surface area contributed by atoms with Crippen molar-refractivity contribution >= 4 is 33.6 Å². The van der Waals surface area contributed by atoms with E-state index in [1.54, 1.807) is 0 Å². The third-order valence-electron chi connectivity index (χ3n) is 18.6. The van der Waals surface area contributed by atoms with Gasteiger partial charge >= 0.3 is 33.6 Å². The van der Waals surface area contributed by atoms with Gasteiger partial charge < -0.3 is 34.2 Å². The molecule has 0 aliphatic rings. The number of ether oxygens (including phenoxy) is 3. The van der Waals surface area contributed by atoms with E-state index < -0.39 is 91.5 Å². The van der Waals surface area contributed by atoms with Crippen LogP contribution < -0.4 is 0 Å². The van der Waals surface area contributed by atoms with Gasteiger partial charge in [0.2, 0.25) is 0 Å². The predicted molar refractivity (Wildman–Crippen MR) is 481 cm³/mol. The summed E-state index contributed by atoms with van der Waals surface area (Å²) in [5.41, 5.74) is 0. The molecule has 4 N–H and O–H groups in total. The van der Waals surface area contributed by atoms with Crippen molar-refractivity contribution in [3.8, 4) is 0 Å². The zero-order valence-electron chi connectivity index (χ0n) is 72.1. The van der Waals surface area contributed by atoms with Crippen LogP contribution in [0.5, 0.6) is 0 Å². The summed E-state index contributed by atoms with van der Waals surface area (Å²) in [6.45, 7) is 2.43. The van der Waals surface area contributed by atoms with Gasteiger partial charge in [-0.25, -0.2) is 9.13 Å². The largest absolute Gasteiger partial charge is 0.472 e. The first kappa shape index (κ1) is 110. The van der Waals surface area contributed by atoms with Crippen LogP contribution in [0.3, 0.4) is 0 Å². The first-order chi connectivity index (χ1) is 56.2. The lowest BCUT2D eigenvalue weighted by atomic mass is 10.0. The van der Waals surface area contributed by atoms with Crippen molar-refractivity contribution in [1.82, 2.24) is 0 Å². The Hall–Kier alpha value is -5.35. The number of carbonyl (C=O) groups excluding carboxylic acids is 3. The van der Waals surface area contributed by atoms with E-state index in [9.17, 15) is 43.5 Å². The summed E-state index contributed by atoms with van der Waals surface area (Å²) in [5.74, 6) is -1.60. The second-order valence-electron chi connectivity index (χ2n) is 29.6. The molecule has 18 heteroatoms. The maximum atomic E-state index is 13.1. The Morgan fingerprint density at radius 1 is 0.252 bits per heavy atom. The van der Waals surface area contributed by atoms with E-state index in [0.717, 1.165) is 205 Å². The summed E-state index contributed by atoms with van der Waals surface area (Å²) in [6, 6.07) is 0. The molecule has 16 nitrogen and oxygen atoms in total. The Kier molecular flexibility index (Phi) is 83.9. The van der Waals surface area contributed by atoms with Gasteiger partial charge in [-0.3, -0.25) is 32.5 Å². The lowest BCUT2D eigenvalue weighted by molar-refractivity contribution is -0.161. The van der Waals surface area contributed by atoms with Crippen molar-refractivity contribution < 1.29 is 75.8 Å². The minimum absolute atomic E-state index is 0.0841. The molecule has 0 aliphatic heterocycles. The summed E-state index contributed by atoms with van der Waals surface area (Å²) in [5, 5.41) is 20.7. The highest BCUT2D eigenvalue weighted by Gasteiger charge is 2.29. The number of phosphoric acid groups is 2. The molecule has 0 aromatic rings. The minimum atomic E-state index is -4.95. The smallest absolute Gasteiger partial charge is 0.463 e. The van der Waals surface area contributed by atoms with Crippen molar-refractivity contribution in [2.45, 2.75) is 373 Å². The third kappa shape index (κ3) is 89.3. The quantitative estimate of drug-likeness (QED) is 0.0146. The lowest BCUT2D eigenvalue weighted by Gasteiger charge is -2.21. The van der Waals surface area contributed by atoms with Gasteiger partial charge in [0.25, 0.3) is 0 Å². The third-order valence-corrected chi connectivity index (χ3v) is 20.5. The average molecular weight is 1650 g/mol. The van der Waals surface area contributed by atoms with Crippen LogP contribution in [-0.2, 0) is 55.8 Å². The molecule has 656 valence electrons. The number of rotatable bonds is 84. The number of unbranched alkanes of at least 4 members (excludes halogenated alkanes) is 31. The van der Waals surface area contributed by atoms with Crippen LogP contribution >= 0.6 is 15.6 Å². The zero-order chi connectivity index (χ0) is 83.6. The maximum absolute atomic E-state index is 13.1. The van der Waals surface area contributed by atoms with Crippen LogP contribution in [-0.4, -0.2) is 95.9 Å². The number of hydrogen-bond donors (Lipinski definition) is 4. The predicted octanol–water partition coefficient (Wildman–Crippen LogP) is 27.7. The average Bonchev–Trinajstić information content (AvgIpc) is 0.906. The van der Waals surface area contributed by atoms with Crippen molar-refractivity contribution in [1.29, 1.82) is 0 Å². The molecule has 0 saturated carbocycles. The fraction of sp³-hybridized carbons (Fsp3) is 0.660. The molecule has 0 aromatic heterocycles. The van der Waals surface area contributed by atoms with Crippen LogP contribution in [0.4, 0.5) is 0 Å². The fourth-order valence-electron chi connectivity index (χ4n) is 11.8. The van der Waals surface area contributed by atoms with E-state index in [2.05, 4.69) is 203 Å². The number of allylic oxidation sites excluding steroid dienone is 30. The van der Waals surface area contributed by atoms with Crippen LogP contribution in [0.25, 0.3) is 0 Å². The molecule has 115 heavy (non-hydrogen) atoms. The van der Waals surface area contributed by atoms with Gasteiger partial charge in [-0.1, -0.05) is 357 Å². The van der Waals surface area contributed by atoms with Crippen LogP contribution in [0.15, 0.2) is 182 Å². The molecule has 5 atom stereocenters. The molecule has 0 rings (SSSR count). The van der Waals surface area contributed by atoms with Crippen molar-refractivity contribution in [3.05, 3.63) is 182 Å². The second-order valence-corrected chi connectivity index (χ2v) is 32.5. The monoisotopic (exact) mass is 1650 g/mol. The first-order valence-electron chi connectivity index (χ1n) is 45.1. The summed E-state index contributed by atoms with van der Waals surface area (Å²) in [6.07, 6.45) is 115. The standard InChI is InChI=1S/C97H162O16P2/c1-4-7-10-13-16-19-22-25-28-31-34-37-40-41-42-43-44-45-46-47-48-49-52-54-56-59-62-65-68-71-74-77-80-83-95(100)107-86-92(98)87-109-114(103,104)110-88-93(99)89-111-115(105,106)112-91-94(113-97(102)85-82-79-76-73-70-67-64-61-58-55-51-39-36-33-30-27-24-21-18-15-12-9-6-3)90-108-96(101)84-81-78-75-72-69-66-63-60-57-53-50-38-35-32-29-26-23-20-17-14-11-8-5-2/h7-8,10-11,16-21,25-30,34-39,41-42,44-45,53,55,57-58,92-94,98-99H,4-6,9,12-15,22-24,31-33,40,43,46-52,54,56,59-91H2,1-3H3,(H,103,104)(H,105,106)/b10-7-,11-8-,19-16-,20-17-,21-18-,28-25-,29-26-,30-27-,37-34-,38-35-,39-36-,42-41-,45-44-,57-53-,58-55-. The summed E-state index contributed by atoms with van der Waals surface area (Å²) >= 11 is 0. The van der Waals surface area contributed by atoms with E-state index in [-0.39, 0.29) is 19.3 Å². The van der Waals surface area contributed by atoms with Crippen molar-refractivity contribution in [2.24, 2.45) is 0 Å². The number of hydrogen-bond acceptors (Lipinski definition) is 14. The molecule has 0 fully saturated rings. The van der Waals surface area contributed by atoms with E-state index in [1.165, 1.54) is 89.9 Å². The lowest BCUT2D eigenvalue weighted by Crippen LogP contribution is -2.30. The van der Waals surface area contributed by atoms with Gasteiger partial charge in [0.15, 0.2) is 6.10 Å². The van der Waals surface area contributed by atoms with Crippen LogP contribution in [0, 0.1) is 0 Å². The summed E-state index contributed by atoms with van der Waals surface area (Å²) < 4.78 is 61.4. The molecule has 5 unspecified atom stereocenters. The van der Waals surface area contributed by atoms with Gasteiger partial charge in [-0.05, 0) is 161 Å². The Bertz CT molecular complexity index is 2820. The van der Waals surface area contributed by atoms with Gasteiger partial charge in [0.1, 0.15) is 25.4 Å². The Morgan fingerprint density at radius 2 is 0.461 bits per heavy atom. The van der Waals surface area contributed by atoms with E-state index in [0.29, 0.717) is 19.3 Å². The molecule has 0 radical (unpaired) electrons. The summed E-state index contributed by atoms with van der Waals surface area (Å²) in [4.78, 5) is 59.0.